The third-order valence-corrected chi connectivity index (χ3v) is 25.9. The van der Waals surface area contributed by atoms with Gasteiger partial charge in [-0.2, -0.15) is 0 Å². The predicted octanol–water partition coefficient (Wildman–Crippen LogP) is 17.4. The standard InChI is InChI=1S/C22H15N5.4C18H15P.Pd/c23-21-12-19(17-8-10-24-11-9-17)22(18-13-25-15-26-14-18)20(27-21)7-6-16-4-2-1-3-5-16;4*1-4-10-16(11-5-1)19(17-12-6-2-7-13-17)18-14-8-3-9-15-18;/h1-5,8-15H,(H2,23,27);4*1-15H;. The van der Waals surface area contributed by atoms with Crippen LogP contribution in [0.25, 0.3) is 22.3 Å². The van der Waals surface area contributed by atoms with Gasteiger partial charge in [0.15, 0.2) is 0 Å². The van der Waals surface area contributed by atoms with E-state index in [1.165, 1.54) is 70.0 Å². The number of hydrogen-bond donors (Lipinski definition) is 1. The van der Waals surface area contributed by atoms with Gasteiger partial charge in [0.1, 0.15) is 17.8 Å². The zero-order chi connectivity index (χ0) is 70.1. The minimum Gasteiger partial charge on any atom is -0.384 e. The second-order valence-electron chi connectivity index (χ2n) is 23.2. The number of nitrogens with two attached hydrogens (primary N) is 1. The number of nitrogens with zero attached hydrogens (tertiary/aromatic N) is 4. The summed E-state index contributed by atoms with van der Waals surface area (Å²) in [6.07, 6.45) is 8.48. The van der Waals surface area contributed by atoms with Gasteiger partial charge >= 0.3 is 0 Å². The summed E-state index contributed by atoms with van der Waals surface area (Å²) in [6.45, 7) is 0. The molecule has 0 saturated carbocycles. The molecule has 0 aliphatic rings. The molecule has 16 rings (SSSR count). The van der Waals surface area contributed by atoms with E-state index in [2.05, 4.69) is 396 Å². The van der Waals surface area contributed by atoms with E-state index >= 15 is 0 Å². The summed E-state index contributed by atoms with van der Waals surface area (Å²) in [5.74, 6) is 6.73. The summed E-state index contributed by atoms with van der Waals surface area (Å²) in [7, 11) is -1.78. The van der Waals surface area contributed by atoms with Gasteiger partial charge < -0.3 is 5.73 Å². The first-order chi connectivity index (χ1) is 51.1. The van der Waals surface area contributed by atoms with Crippen LogP contribution >= 0.6 is 31.7 Å². The second-order valence-corrected chi connectivity index (χ2v) is 32.0. The Bertz CT molecular complexity index is 4270. The van der Waals surface area contributed by atoms with Crippen molar-refractivity contribution in [1.82, 2.24) is 19.9 Å². The molecule has 0 bridgehead atoms. The Kier molecular flexibility index (Phi) is 28.9. The fraction of sp³-hybridized carbons (Fsp3) is 0. The molecule has 0 aliphatic heterocycles. The van der Waals surface area contributed by atoms with E-state index in [1.54, 1.807) is 24.8 Å². The maximum absolute atomic E-state index is 6.09. The Balaban J connectivity index is 0.000000131. The summed E-state index contributed by atoms with van der Waals surface area (Å²) >= 11 is 0. The van der Waals surface area contributed by atoms with Crippen molar-refractivity contribution in [3.63, 3.8) is 0 Å². The molecule has 10 heteroatoms. The van der Waals surface area contributed by atoms with Crippen molar-refractivity contribution in [2.24, 2.45) is 0 Å². The van der Waals surface area contributed by atoms with Crippen LogP contribution in [0.3, 0.4) is 0 Å². The molecule has 3 heterocycles. The summed E-state index contributed by atoms with van der Waals surface area (Å²) in [5.41, 5.74) is 11.1. The van der Waals surface area contributed by atoms with E-state index < -0.39 is 31.7 Å². The van der Waals surface area contributed by atoms with Crippen molar-refractivity contribution < 1.29 is 20.4 Å². The predicted molar refractivity (Wildman–Crippen MR) is 446 cm³/mol. The van der Waals surface area contributed by atoms with Crippen molar-refractivity contribution in [3.8, 4) is 34.1 Å². The number of hydrogen-bond acceptors (Lipinski definition) is 5. The van der Waals surface area contributed by atoms with E-state index in [1.807, 2.05) is 48.5 Å². The molecule has 5 nitrogen and oxygen atoms in total. The summed E-state index contributed by atoms with van der Waals surface area (Å²) in [4.78, 5) is 16.9. The second kappa shape index (κ2) is 40.6. The smallest absolute Gasteiger partial charge is 0.125 e. The maximum atomic E-state index is 6.09. The molecule has 16 aromatic rings. The van der Waals surface area contributed by atoms with Crippen LogP contribution in [0.5, 0.6) is 0 Å². The fourth-order valence-corrected chi connectivity index (χ4v) is 20.7. The number of benzene rings is 13. The number of nitrogen functional groups attached to an aromatic ring is 1. The molecule has 0 amide bonds. The molecule has 2 N–H and O–H groups in total. The van der Waals surface area contributed by atoms with Crippen LogP contribution < -0.4 is 69.4 Å². The van der Waals surface area contributed by atoms with E-state index in [-0.39, 0.29) is 20.4 Å². The van der Waals surface area contributed by atoms with Crippen LogP contribution in [-0.4, -0.2) is 19.9 Å². The minimum absolute atomic E-state index is 0. The van der Waals surface area contributed by atoms with Crippen LogP contribution in [0.4, 0.5) is 5.82 Å². The molecule has 13 aromatic carbocycles. The minimum atomic E-state index is -0.446. The molecule has 0 saturated heterocycles. The Hall–Kier alpha value is -11.0. The zero-order valence-corrected chi connectivity index (χ0v) is 62.3. The van der Waals surface area contributed by atoms with E-state index in [0.29, 0.717) is 11.5 Å². The van der Waals surface area contributed by atoms with Crippen molar-refractivity contribution >= 4 is 101 Å². The van der Waals surface area contributed by atoms with E-state index in [4.69, 9.17) is 5.73 Å². The molecular weight excluding hydrogens is 1430 g/mol. The van der Waals surface area contributed by atoms with Gasteiger partial charge in [0, 0.05) is 61.9 Å². The first-order valence-corrected chi connectivity index (χ1v) is 39.3. The third kappa shape index (κ3) is 21.3. The Morgan fingerprint density at radius 3 is 0.692 bits per heavy atom. The first kappa shape index (κ1) is 74.2. The monoisotopic (exact) mass is 1500 g/mol. The van der Waals surface area contributed by atoms with E-state index in [9.17, 15) is 0 Å². The van der Waals surface area contributed by atoms with Crippen LogP contribution in [0.2, 0.25) is 0 Å². The van der Waals surface area contributed by atoms with Crippen LogP contribution in [0.1, 0.15) is 11.3 Å². The number of aromatic nitrogens is 4. The van der Waals surface area contributed by atoms with Crippen molar-refractivity contribution in [1.29, 1.82) is 0 Å². The molecule has 0 radical (unpaired) electrons. The number of pyridine rings is 2. The van der Waals surface area contributed by atoms with Gasteiger partial charge in [0.05, 0.1) is 0 Å². The fourth-order valence-electron chi connectivity index (χ4n) is 11.5. The van der Waals surface area contributed by atoms with Gasteiger partial charge in [0.25, 0.3) is 0 Å². The molecular formula is C94H75N5P4Pd. The summed E-state index contributed by atoms with van der Waals surface area (Å²) < 4.78 is 0. The average molecular weight is 1500 g/mol. The van der Waals surface area contributed by atoms with Gasteiger partial charge in [-0.1, -0.05) is 388 Å². The van der Waals surface area contributed by atoms with Gasteiger partial charge in [-0.3, -0.25) is 4.98 Å². The molecule has 104 heavy (non-hydrogen) atoms. The van der Waals surface area contributed by atoms with Crippen molar-refractivity contribution in [3.05, 3.63) is 455 Å². The SMILES string of the molecule is Nc1cc(-c2ccncc2)c(-c2cncnc2)c(C#Cc2ccccc2)n1.[Pd].c1ccc(P(c2ccccc2)c2ccccc2)cc1.c1ccc(P(c2ccccc2)c2ccccc2)cc1.c1ccc(P(c2ccccc2)c2ccccc2)cc1.c1ccc(P(c2ccccc2)c2ccccc2)cc1. The molecule has 0 fully saturated rings. The average Bonchev–Trinajstić information content (AvgIpc) is 0.819. The molecule has 0 unspecified atom stereocenters. The van der Waals surface area contributed by atoms with Crippen LogP contribution in [0, 0.1) is 11.8 Å². The van der Waals surface area contributed by atoms with Gasteiger partial charge in [-0.15, -0.1) is 0 Å². The van der Waals surface area contributed by atoms with Crippen molar-refractivity contribution in [2.45, 2.75) is 0 Å². The molecule has 3 aromatic heterocycles. The van der Waals surface area contributed by atoms with Crippen LogP contribution in [0.15, 0.2) is 444 Å². The Labute approximate surface area is 631 Å². The number of rotatable bonds is 14. The quantitative estimate of drug-likeness (QED) is 0.0667. The molecule has 0 spiro atoms. The first-order valence-electron chi connectivity index (χ1n) is 34.0. The third-order valence-electron chi connectivity index (χ3n) is 16.2. The van der Waals surface area contributed by atoms with Gasteiger partial charge in [-0.25, -0.2) is 15.0 Å². The zero-order valence-electron chi connectivity index (χ0n) is 57.1. The molecule has 0 aliphatic carbocycles. The maximum Gasteiger partial charge on any atom is 0.125 e. The summed E-state index contributed by atoms with van der Waals surface area (Å²) in [6, 6.07) is 145. The van der Waals surface area contributed by atoms with Gasteiger partial charge in [0.2, 0.25) is 0 Å². The number of anilines is 1. The molecule has 506 valence electrons. The van der Waals surface area contributed by atoms with E-state index in [0.717, 1.165) is 27.8 Å². The van der Waals surface area contributed by atoms with Gasteiger partial charge in [-0.05, 0) is 143 Å². The van der Waals surface area contributed by atoms with Crippen LogP contribution in [-0.2, 0) is 20.4 Å². The Morgan fingerprint density at radius 2 is 0.462 bits per heavy atom. The Morgan fingerprint density at radius 1 is 0.240 bits per heavy atom. The topological polar surface area (TPSA) is 77.6 Å². The normalized spacial score (nSPS) is 10.3. The molecule has 0 atom stereocenters. The van der Waals surface area contributed by atoms with Crippen molar-refractivity contribution in [2.75, 3.05) is 5.73 Å². The largest absolute Gasteiger partial charge is 0.384 e. The summed E-state index contributed by atoms with van der Waals surface area (Å²) in [5, 5.41) is 16.8.